The van der Waals surface area contributed by atoms with E-state index in [0.29, 0.717) is 10.9 Å². The predicted molar refractivity (Wildman–Crippen MR) is 100 cm³/mol. The molecule has 1 amide bonds. The Bertz CT molecular complexity index is 804. The molecule has 138 valence electrons. The van der Waals surface area contributed by atoms with Crippen LogP contribution in [0.3, 0.4) is 0 Å². The normalized spacial score (nSPS) is 16.3. The molecule has 2 aromatic rings. The lowest BCUT2D eigenvalue weighted by atomic mass is 10.0. The number of piperidine rings is 1. The fraction of sp³-hybridized carbons (Fsp3) is 0.471. The molecule has 0 radical (unpaired) electrons. The van der Waals surface area contributed by atoms with Gasteiger partial charge in [-0.25, -0.2) is 9.97 Å². The lowest BCUT2D eigenvalue weighted by molar-refractivity contribution is -0.121. The van der Waals surface area contributed by atoms with E-state index in [2.05, 4.69) is 30.2 Å². The van der Waals surface area contributed by atoms with Crippen LogP contribution in [0, 0.1) is 6.92 Å². The highest BCUT2D eigenvalue weighted by Crippen LogP contribution is 2.20. The molecule has 1 fully saturated rings. The smallest absolute Gasteiger partial charge is 0.251 e. The molecule has 0 aromatic carbocycles. The first kappa shape index (κ1) is 18.4. The summed E-state index contributed by atoms with van der Waals surface area (Å²) in [4.78, 5) is 41.5. The van der Waals surface area contributed by atoms with Crippen LogP contribution in [0.1, 0.15) is 25.5 Å². The fourth-order valence-electron chi connectivity index (χ4n) is 2.85. The Morgan fingerprint density at radius 3 is 2.81 bits per heavy atom. The van der Waals surface area contributed by atoms with Crippen molar-refractivity contribution < 1.29 is 4.79 Å². The summed E-state index contributed by atoms with van der Waals surface area (Å²) < 4.78 is 0. The highest BCUT2D eigenvalue weighted by molar-refractivity contribution is 8.00. The van der Waals surface area contributed by atoms with Gasteiger partial charge in [0.1, 0.15) is 5.82 Å². The molecule has 9 heteroatoms. The summed E-state index contributed by atoms with van der Waals surface area (Å²) in [6, 6.07) is 1.57. The second-order valence-corrected chi connectivity index (χ2v) is 7.62. The predicted octanol–water partition coefficient (Wildman–Crippen LogP) is 1.13. The highest BCUT2D eigenvalue weighted by Gasteiger charge is 2.24. The van der Waals surface area contributed by atoms with Gasteiger partial charge in [-0.2, -0.15) is 0 Å². The first-order chi connectivity index (χ1) is 12.5. The molecule has 0 bridgehead atoms. The average Bonchev–Trinajstić information content (AvgIpc) is 2.62. The number of aromatic nitrogens is 4. The number of thioether (sulfide) groups is 1. The van der Waals surface area contributed by atoms with Crippen LogP contribution in [-0.4, -0.2) is 50.2 Å². The maximum absolute atomic E-state index is 12.4. The van der Waals surface area contributed by atoms with Crippen LogP contribution in [0.4, 0.5) is 5.82 Å². The number of rotatable bonds is 5. The van der Waals surface area contributed by atoms with Crippen LogP contribution in [0.15, 0.2) is 34.6 Å². The molecule has 2 aromatic heterocycles. The SMILES string of the molecule is Cc1cc(=O)[nH]c(S[C@H](C)C(=O)NC2CCN(c3cnccn3)CC2)n1. The molecule has 1 aliphatic heterocycles. The van der Waals surface area contributed by atoms with Crippen molar-refractivity contribution in [1.82, 2.24) is 25.3 Å². The summed E-state index contributed by atoms with van der Waals surface area (Å²) in [6.07, 6.45) is 6.82. The van der Waals surface area contributed by atoms with Gasteiger partial charge in [-0.05, 0) is 26.7 Å². The number of H-pyrrole nitrogens is 1. The highest BCUT2D eigenvalue weighted by atomic mass is 32.2. The third-order valence-corrected chi connectivity index (χ3v) is 5.20. The van der Waals surface area contributed by atoms with E-state index in [1.807, 2.05) is 6.92 Å². The maximum Gasteiger partial charge on any atom is 0.251 e. The van der Waals surface area contributed by atoms with Crippen molar-refractivity contribution >= 4 is 23.5 Å². The monoisotopic (exact) mass is 374 g/mol. The van der Waals surface area contributed by atoms with Crippen LogP contribution in [-0.2, 0) is 4.79 Å². The molecule has 0 unspecified atom stereocenters. The molecule has 3 heterocycles. The van der Waals surface area contributed by atoms with Gasteiger partial charge in [-0.1, -0.05) is 11.8 Å². The van der Waals surface area contributed by atoms with E-state index >= 15 is 0 Å². The summed E-state index contributed by atoms with van der Waals surface area (Å²) in [5, 5.41) is 3.23. The van der Waals surface area contributed by atoms with Gasteiger partial charge in [0.05, 0.1) is 11.4 Å². The molecule has 1 aliphatic rings. The number of amides is 1. The van der Waals surface area contributed by atoms with Gasteiger partial charge in [-0.3, -0.25) is 14.6 Å². The van der Waals surface area contributed by atoms with Gasteiger partial charge >= 0.3 is 0 Å². The van der Waals surface area contributed by atoms with Crippen molar-refractivity contribution in [2.24, 2.45) is 0 Å². The van der Waals surface area contributed by atoms with Crippen molar-refractivity contribution in [3.8, 4) is 0 Å². The van der Waals surface area contributed by atoms with Crippen LogP contribution < -0.4 is 15.8 Å². The lowest BCUT2D eigenvalue weighted by Crippen LogP contribution is -2.46. The summed E-state index contributed by atoms with van der Waals surface area (Å²) in [5.41, 5.74) is 0.434. The number of carbonyl (C=O) groups is 1. The third kappa shape index (κ3) is 4.81. The van der Waals surface area contributed by atoms with E-state index < -0.39 is 0 Å². The Balaban J connectivity index is 1.50. The van der Waals surface area contributed by atoms with E-state index in [1.165, 1.54) is 17.8 Å². The Hall–Kier alpha value is -2.42. The van der Waals surface area contributed by atoms with Gasteiger partial charge in [0.25, 0.3) is 5.56 Å². The number of aromatic amines is 1. The maximum atomic E-state index is 12.4. The topological polar surface area (TPSA) is 104 Å². The molecular formula is C17H22N6O2S. The Morgan fingerprint density at radius 1 is 1.38 bits per heavy atom. The zero-order valence-corrected chi connectivity index (χ0v) is 15.6. The van der Waals surface area contributed by atoms with E-state index in [1.54, 1.807) is 25.5 Å². The van der Waals surface area contributed by atoms with Crippen LogP contribution in [0.2, 0.25) is 0 Å². The average molecular weight is 374 g/mol. The van der Waals surface area contributed by atoms with Crippen LogP contribution >= 0.6 is 11.8 Å². The number of nitrogens with one attached hydrogen (secondary N) is 2. The standard InChI is InChI=1S/C17H22N6O2S/c1-11-9-15(24)22-17(20-11)26-12(2)16(25)21-13-3-7-23(8-4-13)14-10-18-5-6-19-14/h5-6,9-10,12-13H,3-4,7-8H2,1-2H3,(H,21,25)(H,20,22,24)/t12-/m1/s1. The number of anilines is 1. The number of hydrogen-bond acceptors (Lipinski definition) is 7. The summed E-state index contributed by atoms with van der Waals surface area (Å²) in [5.74, 6) is 0.827. The Labute approximate surface area is 155 Å². The molecule has 8 nitrogen and oxygen atoms in total. The third-order valence-electron chi connectivity index (χ3n) is 4.22. The van der Waals surface area contributed by atoms with E-state index in [0.717, 1.165) is 31.7 Å². The number of aryl methyl sites for hydroxylation is 1. The van der Waals surface area contributed by atoms with E-state index in [9.17, 15) is 9.59 Å². The first-order valence-electron chi connectivity index (χ1n) is 8.57. The van der Waals surface area contributed by atoms with Gasteiger partial charge in [0.2, 0.25) is 5.91 Å². The molecule has 2 N–H and O–H groups in total. The van der Waals surface area contributed by atoms with E-state index in [-0.39, 0.29) is 22.8 Å². The molecule has 26 heavy (non-hydrogen) atoms. The van der Waals surface area contributed by atoms with Crippen molar-refractivity contribution in [3.05, 3.63) is 40.7 Å². The second kappa shape index (κ2) is 8.31. The summed E-state index contributed by atoms with van der Waals surface area (Å²) in [7, 11) is 0. The molecule has 0 spiro atoms. The zero-order chi connectivity index (χ0) is 18.5. The largest absolute Gasteiger partial charge is 0.355 e. The summed E-state index contributed by atoms with van der Waals surface area (Å²) in [6.45, 7) is 5.24. The molecule has 1 atom stereocenters. The Morgan fingerprint density at radius 2 is 2.15 bits per heavy atom. The van der Waals surface area contributed by atoms with Gasteiger partial charge in [0, 0.05) is 43.3 Å². The van der Waals surface area contributed by atoms with Gasteiger partial charge < -0.3 is 15.2 Å². The number of nitrogens with zero attached hydrogens (tertiary/aromatic N) is 4. The minimum atomic E-state index is -0.335. The second-order valence-electron chi connectivity index (χ2n) is 6.29. The molecule has 3 rings (SSSR count). The summed E-state index contributed by atoms with van der Waals surface area (Å²) >= 11 is 1.26. The van der Waals surface area contributed by atoms with E-state index in [4.69, 9.17) is 0 Å². The minimum absolute atomic E-state index is 0.0443. The van der Waals surface area contributed by atoms with Gasteiger partial charge in [-0.15, -0.1) is 0 Å². The molecule has 0 aliphatic carbocycles. The number of hydrogen-bond donors (Lipinski definition) is 2. The van der Waals surface area contributed by atoms with Crippen molar-refractivity contribution in [3.63, 3.8) is 0 Å². The van der Waals surface area contributed by atoms with Crippen molar-refractivity contribution in [1.29, 1.82) is 0 Å². The van der Waals surface area contributed by atoms with Crippen molar-refractivity contribution in [2.45, 2.75) is 43.1 Å². The quantitative estimate of drug-likeness (QED) is 0.597. The van der Waals surface area contributed by atoms with Crippen LogP contribution in [0.5, 0.6) is 0 Å². The fourth-order valence-corrected chi connectivity index (χ4v) is 3.72. The number of carbonyl (C=O) groups excluding carboxylic acids is 1. The first-order valence-corrected chi connectivity index (χ1v) is 9.45. The molecule has 1 saturated heterocycles. The zero-order valence-electron chi connectivity index (χ0n) is 14.8. The molecule has 0 saturated carbocycles. The van der Waals surface area contributed by atoms with Crippen LogP contribution in [0.25, 0.3) is 0 Å². The molecular weight excluding hydrogens is 352 g/mol. The van der Waals surface area contributed by atoms with Gasteiger partial charge in [0.15, 0.2) is 5.16 Å². The minimum Gasteiger partial charge on any atom is -0.355 e. The lowest BCUT2D eigenvalue weighted by Gasteiger charge is -2.33. The van der Waals surface area contributed by atoms with Crippen molar-refractivity contribution in [2.75, 3.05) is 18.0 Å². The Kier molecular flexibility index (Phi) is 5.87.